The van der Waals surface area contributed by atoms with Gasteiger partial charge in [0, 0.05) is 12.2 Å². The molecule has 0 aliphatic rings. The van der Waals surface area contributed by atoms with Gasteiger partial charge in [0.25, 0.3) is 0 Å². The molecular weight excluding hydrogens is 348 g/mol. The molecule has 8 heteroatoms. The molecule has 0 aliphatic heterocycles. The Hall–Kier alpha value is -0.800. The lowest BCUT2D eigenvalue weighted by molar-refractivity contribution is 0.137. The summed E-state index contributed by atoms with van der Waals surface area (Å²) < 4.78 is 5.24. The molecule has 0 aliphatic carbocycles. The molecule has 128 valence electrons. The summed E-state index contributed by atoms with van der Waals surface area (Å²) in [5.74, 6) is 0. The number of rotatable bonds is 11. The maximum absolute atomic E-state index is 11.9. The van der Waals surface area contributed by atoms with E-state index < -0.39 is 0 Å². The van der Waals surface area contributed by atoms with Crippen molar-refractivity contribution < 1.29 is 9.53 Å². The Morgan fingerprint density at radius 2 is 2.35 bits per heavy atom. The molecule has 0 aromatic carbocycles. The zero-order valence-corrected chi connectivity index (χ0v) is 16.2. The fraction of sp³-hybridized carbons (Fsp3) is 0.600. The van der Waals surface area contributed by atoms with Crippen molar-refractivity contribution in [2.24, 2.45) is 5.73 Å². The van der Waals surface area contributed by atoms with E-state index >= 15 is 0 Å². The second kappa shape index (κ2) is 11.7. The first-order valence-corrected chi connectivity index (χ1v) is 11.8. The number of nitrogens with zero attached hydrogens (tertiary/aromatic N) is 1. The number of carbonyl (C=O) groups is 1. The predicted octanol–water partition coefficient (Wildman–Crippen LogP) is 3.16. The van der Waals surface area contributed by atoms with Crippen LogP contribution in [0, 0.1) is 0 Å². The molecule has 0 saturated carbocycles. The second-order valence-electron chi connectivity index (χ2n) is 5.50. The largest absolute Gasteiger partial charge is 0.444 e. The van der Waals surface area contributed by atoms with Gasteiger partial charge in [-0.3, -0.25) is 4.98 Å². The number of carbonyl (C=O) groups excluding carboxylic acids is 1. The molecular formula is C15H26N3O2P2S+. The topological polar surface area (TPSA) is 77.2 Å². The quantitative estimate of drug-likeness (QED) is 0.584. The molecule has 1 amide bonds. The third-order valence-electron chi connectivity index (χ3n) is 3.23. The van der Waals surface area contributed by atoms with Crippen LogP contribution in [-0.4, -0.2) is 54.7 Å². The van der Waals surface area contributed by atoms with Crippen LogP contribution in [0.2, 0.25) is 0 Å². The van der Waals surface area contributed by atoms with E-state index in [1.807, 2.05) is 0 Å². The normalized spacial score (nSPS) is 14.3. The smallest absolute Gasteiger partial charge is 0.407 e. The van der Waals surface area contributed by atoms with Gasteiger partial charge in [-0.05, 0) is 25.4 Å². The minimum absolute atomic E-state index is 0.0703. The van der Waals surface area contributed by atoms with Crippen molar-refractivity contribution in [3.63, 3.8) is 0 Å². The van der Waals surface area contributed by atoms with Crippen LogP contribution in [0.5, 0.6) is 0 Å². The van der Waals surface area contributed by atoms with Gasteiger partial charge in [-0.25, -0.2) is 4.79 Å². The van der Waals surface area contributed by atoms with E-state index in [4.69, 9.17) is 10.5 Å². The molecule has 3 atom stereocenters. The Balaban J connectivity index is 2.38. The number of ether oxygens (including phenoxy) is 1. The maximum Gasteiger partial charge on any atom is 0.407 e. The van der Waals surface area contributed by atoms with Gasteiger partial charge in [-0.2, -0.15) is 0 Å². The Bertz CT molecular complexity index is 497. The van der Waals surface area contributed by atoms with Crippen molar-refractivity contribution in [2.75, 3.05) is 19.0 Å². The minimum Gasteiger partial charge on any atom is -0.444 e. The zero-order chi connectivity index (χ0) is 17.1. The fourth-order valence-electron chi connectivity index (χ4n) is 2.06. The molecule has 1 heterocycles. The van der Waals surface area contributed by atoms with Crippen LogP contribution in [0.25, 0.3) is 0 Å². The number of amides is 1. The predicted molar refractivity (Wildman–Crippen MR) is 105 cm³/mol. The average molecular weight is 374 g/mol. The zero-order valence-electron chi connectivity index (χ0n) is 13.6. The standard InChI is InChI=1S/C15H25N3O2P2S/c1-21-7-6-12(16)4-5-13(10-22(2)3)18-15(19)20-9-14-8-17-11-23-14/h8,11-13H,1-2,4-7,9-10,16H2,3H3/p+1. The minimum atomic E-state index is -0.384. The van der Waals surface area contributed by atoms with Gasteiger partial charge in [-0.15, -0.1) is 19.5 Å². The molecule has 0 radical (unpaired) electrons. The Morgan fingerprint density at radius 3 is 2.96 bits per heavy atom. The van der Waals surface area contributed by atoms with Crippen LogP contribution in [0.4, 0.5) is 4.79 Å². The van der Waals surface area contributed by atoms with Crippen LogP contribution < -0.4 is 11.1 Å². The molecule has 1 aromatic heterocycles. The van der Waals surface area contributed by atoms with Crippen LogP contribution in [-0.2, 0) is 11.3 Å². The summed E-state index contributed by atoms with van der Waals surface area (Å²) >= 11 is 1.47. The van der Waals surface area contributed by atoms with Gasteiger partial charge in [0.05, 0.1) is 36.9 Å². The number of nitrogens with one attached hydrogen (secondary N) is 1. The summed E-state index contributed by atoms with van der Waals surface area (Å²) in [6.45, 7) is 2.37. The van der Waals surface area contributed by atoms with E-state index in [0.29, 0.717) is 0 Å². The third kappa shape index (κ3) is 9.83. The van der Waals surface area contributed by atoms with Crippen molar-refractivity contribution in [3.8, 4) is 0 Å². The molecule has 23 heavy (non-hydrogen) atoms. The van der Waals surface area contributed by atoms with Gasteiger partial charge >= 0.3 is 6.09 Å². The van der Waals surface area contributed by atoms with E-state index in [9.17, 15) is 4.79 Å². The van der Waals surface area contributed by atoms with E-state index in [2.05, 4.69) is 29.6 Å². The summed E-state index contributed by atoms with van der Waals surface area (Å²) in [5.41, 5.74) is 7.82. The third-order valence-corrected chi connectivity index (χ3v) is 5.62. The summed E-state index contributed by atoms with van der Waals surface area (Å²) in [6, 6.07) is 0.232. The van der Waals surface area contributed by atoms with Gasteiger partial charge in [0.15, 0.2) is 0 Å². The van der Waals surface area contributed by atoms with E-state index in [-0.39, 0.29) is 32.3 Å². The van der Waals surface area contributed by atoms with Gasteiger partial charge in [0.1, 0.15) is 12.8 Å². The Labute approximate surface area is 145 Å². The molecule has 5 nitrogen and oxygen atoms in total. The summed E-state index contributed by atoms with van der Waals surface area (Å²) in [4.78, 5) is 16.8. The summed E-state index contributed by atoms with van der Waals surface area (Å²) in [7, 11) is 0.792. The monoisotopic (exact) mass is 374 g/mol. The van der Waals surface area contributed by atoms with Crippen molar-refractivity contribution in [2.45, 2.75) is 38.0 Å². The second-order valence-corrected chi connectivity index (χ2v) is 9.44. The Kier molecular flexibility index (Phi) is 10.3. The number of nitrogens with two attached hydrogens (primary N) is 1. The van der Waals surface area contributed by atoms with Crippen LogP contribution >= 0.6 is 27.1 Å². The van der Waals surface area contributed by atoms with Gasteiger partial charge in [-0.1, -0.05) is 6.30 Å². The van der Waals surface area contributed by atoms with Crippen molar-refractivity contribution in [1.29, 1.82) is 0 Å². The lowest BCUT2D eigenvalue weighted by Gasteiger charge is -2.17. The first kappa shape index (κ1) is 20.2. The summed E-state index contributed by atoms with van der Waals surface area (Å²) in [6.07, 6.45) is 13.8. The molecule has 3 N–H and O–H groups in total. The van der Waals surface area contributed by atoms with Gasteiger partial charge < -0.3 is 15.8 Å². The molecule has 0 bridgehead atoms. The van der Waals surface area contributed by atoms with Crippen molar-refractivity contribution >= 4 is 45.8 Å². The number of alkyl carbamates (subject to hydrolysis) is 1. The fourth-order valence-corrected chi connectivity index (χ4v) is 4.11. The lowest BCUT2D eigenvalue weighted by atomic mass is 10.1. The molecule has 3 unspecified atom stereocenters. The van der Waals surface area contributed by atoms with Crippen LogP contribution in [0.1, 0.15) is 24.1 Å². The molecule has 0 saturated heterocycles. The first-order valence-electron chi connectivity index (χ1n) is 7.51. The highest BCUT2D eigenvalue weighted by Crippen LogP contribution is 2.18. The van der Waals surface area contributed by atoms with Gasteiger partial charge in [0.2, 0.25) is 0 Å². The SMILES string of the molecule is C=PCCC(N)CCC(C[P+](=C)C)NC(=O)OCc1cncs1. The summed E-state index contributed by atoms with van der Waals surface area (Å²) in [5, 5.41) is 2.95. The first-order chi connectivity index (χ1) is 11.0. The number of thiazole rings is 1. The van der Waals surface area contributed by atoms with E-state index in [1.165, 1.54) is 11.3 Å². The highest BCUT2D eigenvalue weighted by atomic mass is 32.1. The number of hydrogen-bond acceptors (Lipinski definition) is 5. The average Bonchev–Trinajstić information content (AvgIpc) is 3.01. The van der Waals surface area contributed by atoms with Crippen LogP contribution in [0.3, 0.4) is 0 Å². The van der Waals surface area contributed by atoms with Crippen molar-refractivity contribution in [1.82, 2.24) is 10.3 Å². The highest BCUT2D eigenvalue weighted by Gasteiger charge is 2.19. The van der Waals surface area contributed by atoms with E-state index in [1.54, 1.807) is 11.7 Å². The van der Waals surface area contributed by atoms with Crippen LogP contribution in [0.15, 0.2) is 11.7 Å². The molecule has 0 spiro atoms. The van der Waals surface area contributed by atoms with E-state index in [0.717, 1.165) is 44.7 Å². The van der Waals surface area contributed by atoms with Crippen molar-refractivity contribution in [3.05, 3.63) is 16.6 Å². The maximum atomic E-state index is 11.9. The molecule has 1 aromatic rings. The number of hydrogen-bond donors (Lipinski definition) is 2. The number of aromatic nitrogens is 1. The Morgan fingerprint density at radius 1 is 1.57 bits per heavy atom. The lowest BCUT2D eigenvalue weighted by Crippen LogP contribution is -2.38. The molecule has 0 fully saturated rings. The highest BCUT2D eigenvalue weighted by molar-refractivity contribution is 7.55. The molecule has 1 rings (SSSR count).